The quantitative estimate of drug-likeness (QED) is 0.425. The Kier molecular flexibility index (Phi) is 8.97. The minimum Gasteiger partial charge on any atom is -0.497 e. The van der Waals surface area contributed by atoms with E-state index in [2.05, 4.69) is 45.7 Å². The molecule has 2 aromatic rings. The Balaban J connectivity index is 1.78. The zero-order valence-electron chi connectivity index (χ0n) is 21.8. The summed E-state index contributed by atoms with van der Waals surface area (Å²) in [6, 6.07) is 8.66. The van der Waals surface area contributed by atoms with Crippen LogP contribution in [-0.2, 0) is 27.2 Å². The molecule has 36 heavy (non-hydrogen) atoms. The van der Waals surface area contributed by atoms with Gasteiger partial charge in [-0.1, -0.05) is 44.7 Å². The summed E-state index contributed by atoms with van der Waals surface area (Å²) >= 11 is 0. The van der Waals surface area contributed by atoms with Crippen molar-refractivity contribution in [2.45, 2.75) is 77.1 Å². The topological polar surface area (TPSA) is 101 Å². The number of aromatic nitrogens is 2. The molecule has 196 valence electrons. The zero-order valence-corrected chi connectivity index (χ0v) is 22.8. The van der Waals surface area contributed by atoms with E-state index in [0.717, 1.165) is 15.9 Å². The highest BCUT2D eigenvalue weighted by molar-refractivity contribution is 6.74. The summed E-state index contributed by atoms with van der Waals surface area (Å²) in [7, 11) is -0.559. The van der Waals surface area contributed by atoms with E-state index in [4.69, 9.17) is 18.6 Å². The van der Waals surface area contributed by atoms with Gasteiger partial charge in [-0.05, 0) is 35.8 Å². The van der Waals surface area contributed by atoms with E-state index in [0.29, 0.717) is 6.42 Å². The van der Waals surface area contributed by atoms with Gasteiger partial charge in [0.05, 0.1) is 19.8 Å². The second kappa shape index (κ2) is 11.6. The summed E-state index contributed by atoms with van der Waals surface area (Å²) < 4.78 is 25.9. The van der Waals surface area contributed by atoms with Gasteiger partial charge < -0.3 is 23.7 Å². The number of ether oxygens (including phenoxy) is 3. The van der Waals surface area contributed by atoms with Gasteiger partial charge in [-0.2, -0.15) is 0 Å². The monoisotopic (exact) mass is 516 g/mol. The lowest BCUT2D eigenvalue weighted by atomic mass is 10.2. The molecule has 0 radical (unpaired) electrons. The average molecular weight is 517 g/mol. The minimum atomic E-state index is -2.15. The molecule has 1 N–H and O–H groups in total. The standard InChI is InChI=1S/C26H36N2O7Si/c1-26(2,3)36(5,6)35-22-16-24(34-21(22)8-7-15-29)27-14-13-23(30)28(25(27)31)18-33-17-19-9-11-20(32-4)12-10-19/h9-14,21-22,24,29H,15-18H2,1-6H3/t21-,22+,24-/m1/s1. The van der Waals surface area contributed by atoms with Crippen LogP contribution in [0.2, 0.25) is 18.1 Å². The maximum absolute atomic E-state index is 13.2. The molecule has 3 rings (SSSR count). The SMILES string of the molecule is COc1ccc(COCn2c(=O)ccn([C@H]3C[C@H](O[Si](C)(C)C(C)(C)C)[C@@H](C#CCO)O3)c2=O)cc1. The van der Waals surface area contributed by atoms with Crippen molar-refractivity contribution in [1.29, 1.82) is 0 Å². The highest BCUT2D eigenvalue weighted by Crippen LogP contribution is 2.40. The summed E-state index contributed by atoms with van der Waals surface area (Å²) in [6.07, 6.45) is 0.185. The molecule has 0 aliphatic carbocycles. The second-order valence-corrected chi connectivity index (χ2v) is 15.0. The fraction of sp³-hybridized carbons (Fsp3) is 0.538. The van der Waals surface area contributed by atoms with Crippen LogP contribution in [0.5, 0.6) is 5.75 Å². The predicted molar refractivity (Wildman–Crippen MR) is 138 cm³/mol. The minimum absolute atomic E-state index is 0.0225. The van der Waals surface area contributed by atoms with Crippen LogP contribution >= 0.6 is 0 Å². The highest BCUT2D eigenvalue weighted by atomic mass is 28.4. The van der Waals surface area contributed by atoms with Crippen molar-refractivity contribution in [3.63, 3.8) is 0 Å². The van der Waals surface area contributed by atoms with Crippen molar-refractivity contribution in [1.82, 2.24) is 9.13 Å². The summed E-state index contributed by atoms with van der Waals surface area (Å²) in [6.45, 7) is 10.5. The van der Waals surface area contributed by atoms with E-state index < -0.39 is 31.9 Å². The summed E-state index contributed by atoms with van der Waals surface area (Å²) in [5.74, 6) is 6.30. The van der Waals surface area contributed by atoms with E-state index in [-0.39, 0.29) is 31.1 Å². The molecule has 0 amide bonds. The number of hydrogen-bond acceptors (Lipinski definition) is 7. The number of benzene rings is 1. The van der Waals surface area contributed by atoms with Gasteiger partial charge >= 0.3 is 5.69 Å². The third kappa shape index (κ3) is 6.54. The zero-order chi connectivity index (χ0) is 26.5. The molecule has 0 unspecified atom stereocenters. The van der Waals surface area contributed by atoms with Crippen LogP contribution in [0.25, 0.3) is 0 Å². The molecule has 2 heterocycles. The normalized spacial score (nSPS) is 20.1. The molecular weight excluding hydrogens is 480 g/mol. The molecule has 3 atom stereocenters. The predicted octanol–water partition coefficient (Wildman–Crippen LogP) is 2.87. The molecule has 0 bridgehead atoms. The fourth-order valence-corrected chi connectivity index (χ4v) is 4.93. The Morgan fingerprint density at radius 1 is 1.17 bits per heavy atom. The smallest absolute Gasteiger partial charge is 0.335 e. The first-order valence-electron chi connectivity index (χ1n) is 11.9. The second-order valence-electron chi connectivity index (χ2n) is 10.2. The lowest BCUT2D eigenvalue weighted by Crippen LogP contribution is -2.45. The van der Waals surface area contributed by atoms with Crippen LogP contribution in [-0.4, -0.2) is 48.5 Å². The van der Waals surface area contributed by atoms with Gasteiger partial charge in [-0.3, -0.25) is 9.36 Å². The van der Waals surface area contributed by atoms with E-state index in [9.17, 15) is 14.7 Å². The number of rotatable bonds is 8. The molecule has 1 aliphatic heterocycles. The Labute approximate surface area is 212 Å². The van der Waals surface area contributed by atoms with Crippen molar-refractivity contribution in [2.75, 3.05) is 13.7 Å². The van der Waals surface area contributed by atoms with Crippen molar-refractivity contribution in [3.8, 4) is 17.6 Å². The number of methoxy groups -OCH3 is 1. The van der Waals surface area contributed by atoms with E-state index >= 15 is 0 Å². The lowest BCUT2D eigenvalue weighted by Gasteiger charge is -2.38. The number of hydrogen-bond donors (Lipinski definition) is 1. The first-order chi connectivity index (χ1) is 17.0. The van der Waals surface area contributed by atoms with Crippen LogP contribution in [0.15, 0.2) is 46.1 Å². The summed E-state index contributed by atoms with van der Waals surface area (Å²) in [4.78, 5) is 25.7. The maximum atomic E-state index is 13.2. The summed E-state index contributed by atoms with van der Waals surface area (Å²) in [5.41, 5.74) is -0.117. The molecule has 1 aromatic heterocycles. The summed E-state index contributed by atoms with van der Waals surface area (Å²) in [5, 5.41) is 9.16. The Morgan fingerprint density at radius 2 is 1.86 bits per heavy atom. The van der Waals surface area contributed by atoms with Gasteiger partial charge in [-0.25, -0.2) is 9.36 Å². The molecule has 0 saturated carbocycles. The third-order valence-electron chi connectivity index (χ3n) is 6.70. The van der Waals surface area contributed by atoms with Crippen molar-refractivity contribution in [2.24, 2.45) is 0 Å². The van der Waals surface area contributed by atoms with Gasteiger partial charge in [0.15, 0.2) is 8.32 Å². The first kappa shape index (κ1) is 27.9. The highest BCUT2D eigenvalue weighted by Gasteiger charge is 2.45. The van der Waals surface area contributed by atoms with Gasteiger partial charge in [0.2, 0.25) is 0 Å². The molecule has 1 aliphatic rings. The molecular formula is C26H36N2O7Si. The lowest BCUT2D eigenvalue weighted by molar-refractivity contribution is 0.00698. The molecule has 9 nitrogen and oxygen atoms in total. The van der Waals surface area contributed by atoms with Gasteiger partial charge in [0.25, 0.3) is 5.56 Å². The number of aliphatic hydroxyl groups is 1. The number of aliphatic hydroxyl groups excluding tert-OH is 1. The third-order valence-corrected chi connectivity index (χ3v) is 11.2. The van der Waals surface area contributed by atoms with Crippen LogP contribution in [0.1, 0.15) is 39.0 Å². The van der Waals surface area contributed by atoms with Crippen molar-refractivity contribution < 1.29 is 23.7 Å². The van der Waals surface area contributed by atoms with Crippen LogP contribution < -0.4 is 16.0 Å². The van der Waals surface area contributed by atoms with E-state index in [1.165, 1.54) is 16.8 Å². The van der Waals surface area contributed by atoms with Gasteiger partial charge in [0.1, 0.15) is 31.4 Å². The van der Waals surface area contributed by atoms with E-state index in [1.807, 2.05) is 24.3 Å². The average Bonchev–Trinajstić information content (AvgIpc) is 3.20. The molecule has 1 fully saturated rings. The maximum Gasteiger partial charge on any atom is 0.335 e. The van der Waals surface area contributed by atoms with E-state index in [1.54, 1.807) is 7.11 Å². The van der Waals surface area contributed by atoms with Gasteiger partial charge in [0, 0.05) is 18.7 Å². The van der Waals surface area contributed by atoms with Crippen molar-refractivity contribution >= 4 is 8.32 Å². The fourth-order valence-electron chi connectivity index (χ4n) is 3.60. The van der Waals surface area contributed by atoms with Crippen LogP contribution in [0, 0.1) is 11.8 Å². The largest absolute Gasteiger partial charge is 0.497 e. The van der Waals surface area contributed by atoms with Gasteiger partial charge in [-0.15, -0.1) is 0 Å². The molecule has 10 heteroatoms. The Morgan fingerprint density at radius 3 is 2.47 bits per heavy atom. The Hall–Kier alpha value is -2.68. The molecule has 0 spiro atoms. The molecule has 1 saturated heterocycles. The number of nitrogens with zero attached hydrogens (tertiary/aromatic N) is 2. The molecule has 1 aromatic carbocycles. The van der Waals surface area contributed by atoms with Crippen molar-refractivity contribution in [3.05, 3.63) is 62.9 Å². The Bertz CT molecular complexity index is 1200. The first-order valence-corrected chi connectivity index (χ1v) is 14.8. The van der Waals surface area contributed by atoms with Crippen LogP contribution in [0.4, 0.5) is 0 Å². The van der Waals surface area contributed by atoms with Crippen LogP contribution in [0.3, 0.4) is 0 Å².